The summed E-state index contributed by atoms with van der Waals surface area (Å²) in [5.74, 6) is 1.25. The van der Waals surface area contributed by atoms with E-state index in [1.165, 1.54) is 22.3 Å². The van der Waals surface area contributed by atoms with Gasteiger partial charge in [0.15, 0.2) is 0 Å². The lowest BCUT2D eigenvalue weighted by Crippen LogP contribution is -2.48. The number of ether oxygens (including phenoxy) is 1. The fourth-order valence-corrected chi connectivity index (χ4v) is 6.69. The van der Waals surface area contributed by atoms with E-state index in [0.717, 1.165) is 76.5 Å². The number of nitrogens with zero attached hydrogens (tertiary/aromatic N) is 3. The van der Waals surface area contributed by atoms with Gasteiger partial charge in [0.05, 0.1) is 12.6 Å². The molecule has 2 aromatic rings. The normalized spacial score (nSPS) is 22.7. The van der Waals surface area contributed by atoms with Crippen LogP contribution in [0, 0.1) is 12.3 Å². The smallest absolute Gasteiger partial charge is 0.240 e. The zero-order valence-corrected chi connectivity index (χ0v) is 25.2. The molecular weight excluding hydrogens is 496 g/mol. The maximum absolute atomic E-state index is 14.1. The average molecular weight is 545 g/mol. The number of likely N-dealkylation sites (tertiary alicyclic amines) is 1. The number of fused-ring (bicyclic) bond motifs is 1. The first-order valence-corrected chi connectivity index (χ1v) is 15.0. The zero-order valence-electron chi connectivity index (χ0n) is 25.2. The summed E-state index contributed by atoms with van der Waals surface area (Å²) in [6.07, 6.45) is 3.72. The van der Waals surface area contributed by atoms with E-state index in [-0.39, 0.29) is 29.4 Å². The second kappa shape index (κ2) is 12.0. The minimum Gasteiger partial charge on any atom is -0.493 e. The molecule has 0 saturated carbocycles. The van der Waals surface area contributed by atoms with Gasteiger partial charge < -0.3 is 19.9 Å². The molecule has 2 saturated heterocycles. The molecule has 40 heavy (non-hydrogen) atoms. The lowest BCUT2D eigenvalue weighted by atomic mass is 9.90. The summed E-state index contributed by atoms with van der Waals surface area (Å²) in [5.41, 5.74) is 6.35. The largest absolute Gasteiger partial charge is 0.493 e. The second-order valence-electron chi connectivity index (χ2n) is 13.4. The molecular formula is C34H48N4O2. The Kier molecular flexibility index (Phi) is 8.58. The number of amides is 1. The van der Waals surface area contributed by atoms with Crippen molar-refractivity contribution in [2.75, 3.05) is 33.3 Å². The Morgan fingerprint density at radius 2 is 1.98 bits per heavy atom. The zero-order chi connectivity index (χ0) is 28.4. The number of carbonyl (C=O) groups excluding carboxylic acids is 1. The van der Waals surface area contributed by atoms with Crippen LogP contribution in [-0.4, -0.2) is 72.0 Å². The maximum atomic E-state index is 14.1. The third-order valence-corrected chi connectivity index (χ3v) is 8.76. The molecule has 3 atom stereocenters. The highest BCUT2D eigenvalue weighted by Crippen LogP contribution is 2.34. The number of carbonyl (C=O) groups is 1. The summed E-state index contributed by atoms with van der Waals surface area (Å²) in [7, 11) is 2.00. The van der Waals surface area contributed by atoms with E-state index in [2.05, 4.69) is 91.9 Å². The van der Waals surface area contributed by atoms with Crippen molar-refractivity contribution in [3.8, 4) is 5.75 Å². The molecule has 2 fully saturated rings. The molecule has 0 aromatic heterocycles. The minimum atomic E-state index is -0.160. The van der Waals surface area contributed by atoms with Crippen molar-refractivity contribution in [3.63, 3.8) is 0 Å². The van der Waals surface area contributed by atoms with Crippen molar-refractivity contribution >= 4 is 5.91 Å². The molecule has 6 nitrogen and oxygen atoms in total. The average Bonchev–Trinajstić information content (AvgIpc) is 3.66. The van der Waals surface area contributed by atoms with Gasteiger partial charge in [-0.2, -0.15) is 0 Å². The van der Waals surface area contributed by atoms with Crippen molar-refractivity contribution in [2.24, 2.45) is 5.41 Å². The van der Waals surface area contributed by atoms with E-state index in [0.29, 0.717) is 0 Å². The molecule has 3 aliphatic rings. The fourth-order valence-electron chi connectivity index (χ4n) is 6.69. The van der Waals surface area contributed by atoms with Gasteiger partial charge >= 0.3 is 0 Å². The summed E-state index contributed by atoms with van der Waals surface area (Å²) in [6.45, 7) is 18.6. The summed E-state index contributed by atoms with van der Waals surface area (Å²) >= 11 is 0. The van der Waals surface area contributed by atoms with Gasteiger partial charge in [0.2, 0.25) is 5.91 Å². The van der Waals surface area contributed by atoms with Crippen LogP contribution in [0.4, 0.5) is 0 Å². The van der Waals surface area contributed by atoms with Crippen molar-refractivity contribution in [1.29, 1.82) is 0 Å². The van der Waals surface area contributed by atoms with Crippen LogP contribution in [0.15, 0.2) is 54.7 Å². The van der Waals surface area contributed by atoms with Crippen LogP contribution in [0.3, 0.4) is 0 Å². The number of rotatable bonds is 9. The fraction of sp³-hybridized carbons (Fsp3) is 0.559. The standard InChI is InChI=1S/C34H48N4O2/c1-24-8-7-9-26(16-24)22-38(25(2)19-34(3,4)5)30-18-31(33(39)36(6)29-12-14-35-20-29)37(23-30)21-27-10-11-28-13-15-40-32(28)17-27/h7-11,16-17,29-31,35H,2,12-15,18-23H2,1,3-6H3/t29?,30-,31-/m0/s1. The number of allylic oxidation sites excluding steroid dienone is 1. The predicted octanol–water partition coefficient (Wildman–Crippen LogP) is 5.15. The molecule has 0 spiro atoms. The summed E-state index contributed by atoms with van der Waals surface area (Å²) in [6, 6.07) is 15.7. The molecule has 1 unspecified atom stereocenters. The number of aryl methyl sites for hydroxylation is 1. The van der Waals surface area contributed by atoms with E-state index in [1.54, 1.807) is 0 Å². The van der Waals surface area contributed by atoms with E-state index >= 15 is 0 Å². The van der Waals surface area contributed by atoms with Gasteiger partial charge in [0, 0.05) is 57.4 Å². The Bertz CT molecular complexity index is 1210. The van der Waals surface area contributed by atoms with E-state index in [1.807, 2.05) is 11.9 Å². The lowest BCUT2D eigenvalue weighted by Gasteiger charge is -2.36. The number of hydrogen-bond donors (Lipinski definition) is 1. The Morgan fingerprint density at radius 3 is 2.70 bits per heavy atom. The molecule has 0 radical (unpaired) electrons. The van der Waals surface area contributed by atoms with Crippen LogP contribution >= 0.6 is 0 Å². The predicted molar refractivity (Wildman–Crippen MR) is 162 cm³/mol. The first kappa shape index (κ1) is 28.7. The van der Waals surface area contributed by atoms with Crippen molar-refractivity contribution < 1.29 is 9.53 Å². The molecule has 0 aliphatic carbocycles. The molecule has 3 aliphatic heterocycles. The van der Waals surface area contributed by atoms with Crippen LogP contribution in [0.25, 0.3) is 0 Å². The van der Waals surface area contributed by atoms with E-state index in [4.69, 9.17) is 4.74 Å². The van der Waals surface area contributed by atoms with Crippen LogP contribution in [0.2, 0.25) is 0 Å². The molecule has 5 rings (SSSR count). The van der Waals surface area contributed by atoms with Gasteiger partial charge in [-0.25, -0.2) is 0 Å². The summed E-state index contributed by atoms with van der Waals surface area (Å²) < 4.78 is 5.88. The van der Waals surface area contributed by atoms with Crippen LogP contribution in [0.5, 0.6) is 5.75 Å². The quantitative estimate of drug-likeness (QED) is 0.474. The highest BCUT2D eigenvalue weighted by atomic mass is 16.5. The van der Waals surface area contributed by atoms with E-state index in [9.17, 15) is 4.79 Å². The van der Waals surface area contributed by atoms with Crippen molar-refractivity contribution in [1.82, 2.24) is 20.0 Å². The first-order valence-electron chi connectivity index (χ1n) is 15.0. The van der Waals surface area contributed by atoms with Gasteiger partial charge in [0.1, 0.15) is 5.75 Å². The number of nitrogens with one attached hydrogen (secondary N) is 1. The second-order valence-corrected chi connectivity index (χ2v) is 13.4. The lowest BCUT2D eigenvalue weighted by molar-refractivity contribution is -0.136. The number of likely N-dealkylation sites (N-methyl/N-ethyl adjacent to an activating group) is 1. The van der Waals surface area contributed by atoms with Gasteiger partial charge in [-0.15, -0.1) is 0 Å². The van der Waals surface area contributed by atoms with Crippen LogP contribution < -0.4 is 10.1 Å². The van der Waals surface area contributed by atoms with Gasteiger partial charge in [0.25, 0.3) is 0 Å². The summed E-state index contributed by atoms with van der Waals surface area (Å²) in [5, 5.41) is 3.43. The Morgan fingerprint density at radius 1 is 1.15 bits per heavy atom. The van der Waals surface area contributed by atoms with Crippen LogP contribution in [0.1, 0.15) is 62.3 Å². The molecule has 6 heteroatoms. The highest BCUT2D eigenvalue weighted by Gasteiger charge is 2.42. The van der Waals surface area contributed by atoms with Gasteiger partial charge in [-0.1, -0.05) is 69.3 Å². The monoisotopic (exact) mass is 544 g/mol. The van der Waals surface area contributed by atoms with Crippen molar-refractivity contribution in [2.45, 2.75) is 84.6 Å². The Hall–Kier alpha value is -2.83. The topological polar surface area (TPSA) is 48.1 Å². The van der Waals surface area contributed by atoms with Gasteiger partial charge in [-0.3, -0.25) is 9.69 Å². The van der Waals surface area contributed by atoms with Gasteiger partial charge in [-0.05, 0) is 60.9 Å². The Balaban J connectivity index is 1.42. The molecule has 216 valence electrons. The van der Waals surface area contributed by atoms with Crippen molar-refractivity contribution in [3.05, 3.63) is 77.0 Å². The van der Waals surface area contributed by atoms with Crippen LogP contribution in [-0.2, 0) is 24.3 Å². The molecule has 3 heterocycles. The Labute approximate surface area is 241 Å². The minimum absolute atomic E-state index is 0.134. The third kappa shape index (κ3) is 6.72. The molecule has 1 amide bonds. The number of hydrogen-bond acceptors (Lipinski definition) is 5. The number of benzene rings is 2. The first-order chi connectivity index (χ1) is 19.1. The summed E-state index contributed by atoms with van der Waals surface area (Å²) in [4.78, 5) is 21.0. The van der Waals surface area contributed by atoms with E-state index < -0.39 is 0 Å². The third-order valence-electron chi connectivity index (χ3n) is 8.76. The molecule has 1 N–H and O–H groups in total. The highest BCUT2D eigenvalue weighted by molar-refractivity contribution is 5.82. The SMILES string of the molecule is C=C(CC(C)(C)C)N(Cc1cccc(C)c1)[C@H]1C[C@@H](C(=O)N(C)C2CCNC2)N(Cc2ccc3c(c2)OCC3)C1. The molecule has 2 aromatic carbocycles. The molecule has 0 bridgehead atoms. The maximum Gasteiger partial charge on any atom is 0.240 e.